The summed E-state index contributed by atoms with van der Waals surface area (Å²) in [5.41, 5.74) is 0. The molecule has 0 rings (SSSR count). The summed E-state index contributed by atoms with van der Waals surface area (Å²) in [6, 6.07) is 0. The molecule has 0 aromatic rings. The van der Waals surface area contributed by atoms with Gasteiger partial charge in [0.2, 0.25) is 0 Å². The molecule has 0 aliphatic heterocycles. The maximum atomic E-state index is 9.90. The Hall–Kier alpha value is -0.650. The highest BCUT2D eigenvalue weighted by atomic mass is 16.4. The Bertz CT molecular complexity index is 196. The van der Waals surface area contributed by atoms with E-state index < -0.39 is 37.1 Å². The van der Waals surface area contributed by atoms with Gasteiger partial charge in [-0.15, -0.1) is 0 Å². The van der Waals surface area contributed by atoms with Crippen LogP contribution in [0, 0.1) is 0 Å². The summed E-state index contributed by atoms with van der Waals surface area (Å²) in [6.07, 6.45) is -7.79. The van der Waals surface area contributed by atoms with Gasteiger partial charge in [0.25, 0.3) is 0 Å². The van der Waals surface area contributed by atoms with Crippen LogP contribution in [0.15, 0.2) is 0 Å². The van der Waals surface area contributed by atoms with Crippen molar-refractivity contribution < 1.29 is 45.6 Å². The summed E-state index contributed by atoms with van der Waals surface area (Å²) in [7, 11) is 0. The molecule has 18 heavy (non-hydrogen) atoms. The molecule has 0 aliphatic rings. The van der Waals surface area contributed by atoms with Gasteiger partial charge in [-0.1, -0.05) is 0 Å². The van der Waals surface area contributed by atoms with E-state index in [4.69, 9.17) is 40.9 Å². The number of hydrogen-bond donors (Lipinski definition) is 8. The van der Waals surface area contributed by atoms with Gasteiger partial charge in [-0.3, -0.25) is 0 Å². The Labute approximate surface area is 103 Å². The number of hydrogen-bond acceptors (Lipinski definition) is 9. The maximum absolute atomic E-state index is 9.90. The highest BCUT2D eigenvalue weighted by Crippen LogP contribution is 2.02. The summed E-state index contributed by atoms with van der Waals surface area (Å²) in [5, 5.41) is 67.6. The molecule has 0 aromatic carbocycles. The molecular weight excluding hydrogens is 252 g/mol. The molecule has 0 aliphatic carbocycles. The predicted molar refractivity (Wildman–Crippen MR) is 57.4 cm³/mol. The minimum atomic E-state index is -1.79. The van der Waals surface area contributed by atoms with Crippen molar-refractivity contribution in [1.82, 2.24) is 0 Å². The molecule has 0 heterocycles. The van der Waals surface area contributed by atoms with Crippen LogP contribution in [0.1, 0.15) is 0 Å². The predicted octanol–water partition coefficient (Wildman–Crippen LogP) is -5.05. The van der Waals surface area contributed by atoms with E-state index in [9.17, 15) is 4.79 Å². The first-order valence-corrected chi connectivity index (χ1v) is 5.03. The second-order valence-electron chi connectivity index (χ2n) is 3.38. The fraction of sp³-hybridized carbons (Fsp3) is 0.889. The molecule has 0 amide bonds. The van der Waals surface area contributed by atoms with Gasteiger partial charge in [-0.2, -0.15) is 0 Å². The molecule has 0 fully saturated rings. The number of carbonyl (C=O) groups is 1. The Morgan fingerprint density at radius 2 is 1.22 bits per heavy atom. The molecule has 4 atom stereocenters. The Balaban J connectivity index is 0. The molecule has 0 aromatic heterocycles. The van der Waals surface area contributed by atoms with E-state index in [2.05, 4.69) is 0 Å². The number of aliphatic hydroxyl groups is 8. The SMILES string of the molecule is O=CC(O)C(O)C(O)C(O)CO.OCC(O)CO. The van der Waals surface area contributed by atoms with Gasteiger partial charge in [0, 0.05) is 0 Å². The van der Waals surface area contributed by atoms with Gasteiger partial charge in [-0.25, -0.2) is 0 Å². The van der Waals surface area contributed by atoms with Crippen LogP contribution >= 0.6 is 0 Å². The number of aliphatic hydroxyl groups excluding tert-OH is 8. The highest BCUT2D eigenvalue weighted by molar-refractivity contribution is 5.56. The molecule has 0 radical (unpaired) electrons. The molecule has 4 unspecified atom stereocenters. The van der Waals surface area contributed by atoms with Gasteiger partial charge in [-0.05, 0) is 0 Å². The zero-order chi connectivity index (χ0) is 14.7. The monoisotopic (exact) mass is 272 g/mol. The lowest BCUT2D eigenvalue weighted by Gasteiger charge is -2.22. The zero-order valence-corrected chi connectivity index (χ0v) is 9.57. The third-order valence-corrected chi connectivity index (χ3v) is 1.84. The van der Waals surface area contributed by atoms with Gasteiger partial charge in [0.15, 0.2) is 6.29 Å². The molecule has 9 heteroatoms. The van der Waals surface area contributed by atoms with Crippen molar-refractivity contribution in [3.05, 3.63) is 0 Å². The van der Waals surface area contributed by atoms with Crippen LogP contribution in [0.25, 0.3) is 0 Å². The van der Waals surface area contributed by atoms with Crippen molar-refractivity contribution in [1.29, 1.82) is 0 Å². The first kappa shape index (κ1) is 19.7. The Morgan fingerprint density at radius 3 is 1.44 bits per heavy atom. The van der Waals surface area contributed by atoms with E-state index in [1.807, 2.05) is 0 Å². The second kappa shape index (κ2) is 11.4. The summed E-state index contributed by atoms with van der Waals surface area (Å²) in [6.45, 7) is -1.49. The molecule has 0 saturated carbocycles. The zero-order valence-electron chi connectivity index (χ0n) is 9.57. The Morgan fingerprint density at radius 1 is 0.778 bits per heavy atom. The van der Waals surface area contributed by atoms with E-state index in [0.717, 1.165) is 0 Å². The minimum Gasteiger partial charge on any atom is -0.394 e. The fourth-order valence-electron chi connectivity index (χ4n) is 0.676. The lowest BCUT2D eigenvalue weighted by molar-refractivity contribution is -0.136. The van der Waals surface area contributed by atoms with Crippen molar-refractivity contribution in [2.45, 2.75) is 30.5 Å². The number of rotatable bonds is 7. The smallest absolute Gasteiger partial charge is 0.151 e. The molecule has 0 spiro atoms. The first-order chi connectivity index (χ1) is 8.35. The third-order valence-electron chi connectivity index (χ3n) is 1.84. The highest BCUT2D eigenvalue weighted by Gasteiger charge is 2.29. The van der Waals surface area contributed by atoms with E-state index in [1.165, 1.54) is 0 Å². The van der Waals surface area contributed by atoms with Crippen LogP contribution in [0.2, 0.25) is 0 Å². The second-order valence-corrected chi connectivity index (χ2v) is 3.38. The first-order valence-electron chi connectivity index (χ1n) is 5.03. The average molecular weight is 272 g/mol. The molecule has 0 saturated heterocycles. The maximum Gasteiger partial charge on any atom is 0.151 e. The van der Waals surface area contributed by atoms with Crippen LogP contribution in [0.5, 0.6) is 0 Å². The number of carbonyl (C=O) groups excluding carboxylic acids is 1. The van der Waals surface area contributed by atoms with E-state index in [0.29, 0.717) is 0 Å². The van der Waals surface area contributed by atoms with Crippen molar-refractivity contribution in [2.24, 2.45) is 0 Å². The lowest BCUT2D eigenvalue weighted by Crippen LogP contribution is -2.46. The van der Waals surface area contributed by atoms with Crippen molar-refractivity contribution in [3.63, 3.8) is 0 Å². The van der Waals surface area contributed by atoms with Crippen LogP contribution < -0.4 is 0 Å². The number of aldehydes is 1. The minimum absolute atomic E-state index is 0.0258. The van der Waals surface area contributed by atoms with Gasteiger partial charge < -0.3 is 45.6 Å². The Kier molecular flexibility index (Phi) is 12.5. The van der Waals surface area contributed by atoms with E-state index in [1.54, 1.807) is 0 Å². The summed E-state index contributed by atoms with van der Waals surface area (Å²) < 4.78 is 0. The summed E-state index contributed by atoms with van der Waals surface area (Å²) in [4.78, 5) is 9.90. The van der Waals surface area contributed by atoms with Crippen LogP contribution in [-0.4, -0.2) is 97.5 Å². The molecule has 8 N–H and O–H groups in total. The van der Waals surface area contributed by atoms with Gasteiger partial charge >= 0.3 is 0 Å². The summed E-state index contributed by atoms with van der Waals surface area (Å²) in [5.74, 6) is 0. The van der Waals surface area contributed by atoms with Crippen molar-refractivity contribution >= 4 is 6.29 Å². The molecule has 110 valence electrons. The molecule has 9 nitrogen and oxygen atoms in total. The molecule has 0 bridgehead atoms. The standard InChI is InChI=1S/C6H12O6.C3H8O3/c7-1-3(9)5(11)6(12)4(10)2-8;4-1-3(6)2-5/h1,3-6,8-12H,2H2;3-6H,1-2H2. The van der Waals surface area contributed by atoms with Crippen LogP contribution in [-0.2, 0) is 4.79 Å². The normalized spacial score (nSPS) is 17.4. The van der Waals surface area contributed by atoms with Crippen molar-refractivity contribution in [3.8, 4) is 0 Å². The average Bonchev–Trinajstić information content (AvgIpc) is 2.43. The molecular formula is C9H20O9. The largest absolute Gasteiger partial charge is 0.394 e. The lowest BCUT2D eigenvalue weighted by atomic mass is 10.0. The van der Waals surface area contributed by atoms with E-state index >= 15 is 0 Å². The third kappa shape index (κ3) is 8.44. The van der Waals surface area contributed by atoms with Gasteiger partial charge in [0.05, 0.1) is 19.8 Å². The topological polar surface area (TPSA) is 179 Å². The van der Waals surface area contributed by atoms with Gasteiger partial charge in [0.1, 0.15) is 30.5 Å². The van der Waals surface area contributed by atoms with E-state index in [-0.39, 0.29) is 19.5 Å². The quantitative estimate of drug-likeness (QED) is 0.210. The van der Waals surface area contributed by atoms with Crippen LogP contribution in [0.3, 0.4) is 0 Å². The van der Waals surface area contributed by atoms with Crippen LogP contribution in [0.4, 0.5) is 0 Å². The fourth-order valence-corrected chi connectivity index (χ4v) is 0.676. The van der Waals surface area contributed by atoms with Crippen molar-refractivity contribution in [2.75, 3.05) is 19.8 Å². The summed E-state index contributed by atoms with van der Waals surface area (Å²) >= 11 is 0.